The van der Waals surface area contributed by atoms with Gasteiger partial charge in [0.2, 0.25) is 10.0 Å². The number of hydrogen-bond acceptors (Lipinski definition) is 4. The minimum absolute atomic E-state index is 0.0249. The highest BCUT2D eigenvalue weighted by Gasteiger charge is 2.25. The molecular weight excluding hydrogens is 421 g/mol. The Morgan fingerprint density at radius 2 is 1.67 bits per heavy atom. The molecule has 30 heavy (non-hydrogen) atoms. The van der Waals surface area contributed by atoms with E-state index in [1.54, 1.807) is 13.8 Å². The van der Waals surface area contributed by atoms with Crippen molar-refractivity contribution in [2.75, 3.05) is 20.1 Å². The van der Waals surface area contributed by atoms with Crippen molar-refractivity contribution in [3.63, 3.8) is 0 Å². The third-order valence-electron chi connectivity index (χ3n) is 4.43. The lowest BCUT2D eigenvalue weighted by atomic mass is 10.1. The van der Waals surface area contributed by atoms with Crippen LogP contribution in [0.25, 0.3) is 0 Å². The molecule has 10 heteroatoms. The summed E-state index contributed by atoms with van der Waals surface area (Å²) in [5, 5.41) is 0. The molecule has 0 atom stereocenters. The van der Waals surface area contributed by atoms with Crippen LogP contribution in [0.4, 0.5) is 13.2 Å². The summed E-state index contributed by atoms with van der Waals surface area (Å²) in [4.78, 5) is 13.8. The topological polar surface area (TPSA) is 66.9 Å². The fourth-order valence-electron chi connectivity index (χ4n) is 2.87. The van der Waals surface area contributed by atoms with Gasteiger partial charge in [0.15, 0.2) is 0 Å². The number of nitrogens with zero attached hydrogens (tertiary/aromatic N) is 2. The quantitative estimate of drug-likeness (QED) is 0.591. The minimum Gasteiger partial charge on any atom is -0.435 e. The van der Waals surface area contributed by atoms with E-state index in [0.29, 0.717) is 5.56 Å². The summed E-state index contributed by atoms with van der Waals surface area (Å²) in [6.07, 6.45) is 0. The van der Waals surface area contributed by atoms with Gasteiger partial charge in [-0.25, -0.2) is 12.8 Å². The number of carbonyl (C=O) groups excluding carboxylic acids is 1. The maximum atomic E-state index is 14.3. The third kappa shape index (κ3) is 5.51. The van der Waals surface area contributed by atoms with Crippen LogP contribution in [0, 0.1) is 5.82 Å². The van der Waals surface area contributed by atoms with E-state index in [2.05, 4.69) is 4.74 Å². The highest BCUT2D eigenvalue weighted by atomic mass is 32.2. The molecule has 6 nitrogen and oxygen atoms in total. The minimum atomic E-state index is -3.85. The van der Waals surface area contributed by atoms with Gasteiger partial charge in [-0.2, -0.15) is 13.1 Å². The fourth-order valence-corrected chi connectivity index (χ4v) is 4.35. The Labute approximate surface area is 173 Å². The number of rotatable bonds is 9. The predicted molar refractivity (Wildman–Crippen MR) is 105 cm³/mol. The van der Waals surface area contributed by atoms with Crippen molar-refractivity contribution in [1.82, 2.24) is 9.21 Å². The summed E-state index contributed by atoms with van der Waals surface area (Å²) in [6, 6.07) is 8.77. The second-order valence-corrected chi connectivity index (χ2v) is 8.35. The highest BCUT2D eigenvalue weighted by Crippen LogP contribution is 2.21. The average Bonchev–Trinajstić information content (AvgIpc) is 2.69. The molecule has 2 rings (SSSR count). The van der Waals surface area contributed by atoms with Crippen molar-refractivity contribution in [2.45, 2.75) is 31.9 Å². The van der Waals surface area contributed by atoms with Crippen LogP contribution in [-0.4, -0.2) is 50.3 Å². The van der Waals surface area contributed by atoms with Gasteiger partial charge in [-0.3, -0.25) is 4.79 Å². The van der Waals surface area contributed by atoms with Crippen molar-refractivity contribution in [1.29, 1.82) is 0 Å². The molecule has 0 aromatic heterocycles. The number of halogens is 3. The number of benzene rings is 2. The predicted octanol–water partition coefficient (Wildman–Crippen LogP) is 3.73. The molecular formula is C20H23F3N2O4S. The van der Waals surface area contributed by atoms with E-state index in [0.717, 1.165) is 18.2 Å². The Hall–Kier alpha value is -2.59. The molecule has 0 spiro atoms. The molecule has 0 saturated heterocycles. The number of sulfonamides is 1. The second-order valence-electron chi connectivity index (χ2n) is 6.41. The normalized spacial score (nSPS) is 11.7. The van der Waals surface area contributed by atoms with E-state index in [-0.39, 0.29) is 35.8 Å². The van der Waals surface area contributed by atoms with Crippen molar-refractivity contribution < 1.29 is 31.1 Å². The molecule has 164 valence electrons. The smallest absolute Gasteiger partial charge is 0.387 e. The lowest BCUT2D eigenvalue weighted by molar-refractivity contribution is -0.0498. The molecule has 0 bridgehead atoms. The molecule has 0 fully saturated rings. The largest absolute Gasteiger partial charge is 0.435 e. The van der Waals surface area contributed by atoms with E-state index in [1.807, 2.05) is 0 Å². The van der Waals surface area contributed by atoms with Gasteiger partial charge in [0, 0.05) is 26.7 Å². The number of alkyl halides is 2. The third-order valence-corrected chi connectivity index (χ3v) is 6.47. The molecule has 0 saturated carbocycles. The van der Waals surface area contributed by atoms with Gasteiger partial charge in [0.1, 0.15) is 11.6 Å². The average molecular weight is 444 g/mol. The Morgan fingerprint density at radius 1 is 1.07 bits per heavy atom. The van der Waals surface area contributed by atoms with Gasteiger partial charge in [-0.05, 0) is 35.9 Å². The first-order chi connectivity index (χ1) is 14.1. The van der Waals surface area contributed by atoms with Gasteiger partial charge >= 0.3 is 6.61 Å². The Balaban J connectivity index is 2.23. The molecule has 2 aromatic carbocycles. The zero-order valence-corrected chi connectivity index (χ0v) is 17.6. The van der Waals surface area contributed by atoms with Crippen LogP contribution in [0.15, 0.2) is 47.4 Å². The number of amides is 1. The summed E-state index contributed by atoms with van der Waals surface area (Å²) in [5.74, 6) is -1.58. The monoisotopic (exact) mass is 444 g/mol. The highest BCUT2D eigenvalue weighted by molar-refractivity contribution is 7.89. The first-order valence-electron chi connectivity index (χ1n) is 9.19. The molecule has 0 aliphatic rings. The van der Waals surface area contributed by atoms with Crippen LogP contribution in [0.1, 0.15) is 29.8 Å². The maximum absolute atomic E-state index is 14.3. The standard InChI is InChI=1S/C20H23F3N2O4S/c1-4-25(5-2)30(27,28)16-10-11-18(21)17(12-16)19(26)24(3)13-14-6-8-15(9-7-14)29-20(22)23/h6-12,20H,4-5,13H2,1-3H3. The zero-order valence-electron chi connectivity index (χ0n) is 16.8. The van der Waals surface area contributed by atoms with Gasteiger partial charge in [-0.1, -0.05) is 26.0 Å². The van der Waals surface area contributed by atoms with Crippen molar-refractivity contribution in [3.05, 3.63) is 59.4 Å². The second kappa shape index (κ2) is 9.94. The maximum Gasteiger partial charge on any atom is 0.387 e. The van der Waals surface area contributed by atoms with Crippen molar-refractivity contribution in [2.24, 2.45) is 0 Å². The van der Waals surface area contributed by atoms with Crippen LogP contribution in [0.3, 0.4) is 0 Å². The van der Waals surface area contributed by atoms with Gasteiger partial charge in [0.25, 0.3) is 5.91 Å². The Morgan fingerprint density at radius 3 is 2.20 bits per heavy atom. The molecule has 1 amide bonds. The molecule has 0 radical (unpaired) electrons. The van der Waals surface area contributed by atoms with Crippen LogP contribution >= 0.6 is 0 Å². The fraction of sp³-hybridized carbons (Fsp3) is 0.350. The lowest BCUT2D eigenvalue weighted by Crippen LogP contribution is -2.31. The summed E-state index contributed by atoms with van der Waals surface area (Å²) in [5.41, 5.74) is 0.225. The van der Waals surface area contributed by atoms with Crippen LogP contribution in [0.5, 0.6) is 5.75 Å². The lowest BCUT2D eigenvalue weighted by Gasteiger charge is -2.21. The van der Waals surface area contributed by atoms with E-state index in [1.165, 1.54) is 40.5 Å². The Bertz CT molecular complexity index is 978. The molecule has 0 aliphatic carbocycles. The van der Waals surface area contributed by atoms with E-state index in [9.17, 15) is 26.4 Å². The SMILES string of the molecule is CCN(CC)S(=O)(=O)c1ccc(F)c(C(=O)N(C)Cc2ccc(OC(F)F)cc2)c1. The molecule has 2 aromatic rings. The first kappa shape index (κ1) is 23.7. The first-order valence-corrected chi connectivity index (χ1v) is 10.6. The number of carbonyl (C=O) groups is 1. The van der Waals surface area contributed by atoms with Gasteiger partial charge in [0.05, 0.1) is 10.5 Å². The summed E-state index contributed by atoms with van der Waals surface area (Å²) >= 11 is 0. The van der Waals surface area contributed by atoms with E-state index >= 15 is 0 Å². The van der Waals surface area contributed by atoms with Crippen molar-refractivity contribution in [3.8, 4) is 5.75 Å². The van der Waals surface area contributed by atoms with Crippen LogP contribution in [0.2, 0.25) is 0 Å². The summed E-state index contributed by atoms with van der Waals surface area (Å²) in [7, 11) is -2.43. The van der Waals surface area contributed by atoms with Gasteiger partial charge in [-0.15, -0.1) is 0 Å². The zero-order chi connectivity index (χ0) is 22.5. The van der Waals surface area contributed by atoms with Crippen LogP contribution < -0.4 is 4.74 Å². The van der Waals surface area contributed by atoms with E-state index < -0.39 is 28.4 Å². The molecule has 0 aliphatic heterocycles. The van der Waals surface area contributed by atoms with Crippen LogP contribution in [-0.2, 0) is 16.6 Å². The van der Waals surface area contributed by atoms with E-state index in [4.69, 9.17) is 0 Å². The Kier molecular flexibility index (Phi) is 7.85. The number of hydrogen-bond donors (Lipinski definition) is 0. The van der Waals surface area contributed by atoms with Gasteiger partial charge < -0.3 is 9.64 Å². The molecule has 0 unspecified atom stereocenters. The summed E-state index contributed by atoms with van der Waals surface area (Å²) in [6.45, 7) is 0.961. The molecule has 0 N–H and O–H groups in total. The number of ether oxygens (including phenoxy) is 1. The summed E-state index contributed by atoms with van der Waals surface area (Å²) < 4.78 is 69.5. The molecule has 0 heterocycles. The van der Waals surface area contributed by atoms with Crippen molar-refractivity contribution >= 4 is 15.9 Å².